The number of hydrogen-bond donors (Lipinski definition) is 1. The lowest BCUT2D eigenvalue weighted by atomic mass is 9.97. The van der Waals surface area contributed by atoms with Crippen molar-refractivity contribution in [3.63, 3.8) is 0 Å². The number of carbonyl (C=O) groups is 2. The van der Waals surface area contributed by atoms with E-state index in [0.29, 0.717) is 11.6 Å². The third-order valence-electron chi connectivity index (χ3n) is 4.04. The van der Waals surface area contributed by atoms with E-state index in [1.54, 1.807) is 24.1 Å². The van der Waals surface area contributed by atoms with Crippen LogP contribution < -0.4 is 5.32 Å². The average Bonchev–Trinajstić information content (AvgIpc) is 2.54. The molecule has 132 valence electrons. The minimum atomic E-state index is -0.728. The van der Waals surface area contributed by atoms with E-state index >= 15 is 0 Å². The zero-order valence-corrected chi connectivity index (χ0v) is 15.0. The third-order valence-corrected chi connectivity index (χ3v) is 4.29. The molecule has 1 fully saturated rings. The van der Waals surface area contributed by atoms with Crippen molar-refractivity contribution in [3.05, 3.63) is 34.9 Å². The monoisotopic (exact) mass is 353 g/mol. The summed E-state index contributed by atoms with van der Waals surface area (Å²) >= 11 is 5.93. The van der Waals surface area contributed by atoms with Crippen LogP contribution in [-0.2, 0) is 14.3 Å². The SMILES string of the molecule is CN(C)CCCNC(=O)[C@H]1OCC(=O)N(C)[C@@H]1c1ccc(Cl)cc1. The fraction of sp³-hybridized carbons (Fsp3) is 0.529. The summed E-state index contributed by atoms with van der Waals surface area (Å²) < 4.78 is 5.55. The second kappa shape index (κ2) is 8.46. The lowest BCUT2D eigenvalue weighted by molar-refractivity contribution is -0.162. The van der Waals surface area contributed by atoms with Gasteiger partial charge in [0.15, 0.2) is 6.10 Å². The van der Waals surface area contributed by atoms with Gasteiger partial charge >= 0.3 is 0 Å². The molecule has 0 aliphatic carbocycles. The molecule has 2 rings (SSSR count). The molecule has 1 saturated heterocycles. The molecule has 1 aromatic rings. The largest absolute Gasteiger partial charge is 0.356 e. The minimum absolute atomic E-state index is 0.0869. The summed E-state index contributed by atoms with van der Waals surface area (Å²) in [6.45, 7) is 1.38. The van der Waals surface area contributed by atoms with Crippen molar-refractivity contribution in [2.45, 2.75) is 18.6 Å². The number of halogens is 1. The van der Waals surface area contributed by atoms with Crippen LogP contribution in [0.2, 0.25) is 5.02 Å². The molecule has 1 aromatic carbocycles. The van der Waals surface area contributed by atoms with Gasteiger partial charge < -0.3 is 19.9 Å². The molecule has 0 saturated carbocycles. The first-order valence-corrected chi connectivity index (χ1v) is 8.33. The number of morpholine rings is 1. The van der Waals surface area contributed by atoms with E-state index in [9.17, 15) is 9.59 Å². The van der Waals surface area contributed by atoms with Gasteiger partial charge in [0.05, 0.1) is 6.04 Å². The molecule has 0 bridgehead atoms. The van der Waals surface area contributed by atoms with Crippen molar-refractivity contribution in [3.8, 4) is 0 Å². The highest BCUT2D eigenvalue weighted by Crippen LogP contribution is 2.30. The van der Waals surface area contributed by atoms with E-state index in [1.165, 1.54) is 0 Å². The summed E-state index contributed by atoms with van der Waals surface area (Å²) in [5, 5.41) is 3.51. The molecule has 7 heteroatoms. The molecule has 0 unspecified atom stereocenters. The Balaban J connectivity index is 2.08. The van der Waals surface area contributed by atoms with Crippen LogP contribution in [0.1, 0.15) is 18.0 Å². The quantitative estimate of drug-likeness (QED) is 0.783. The molecule has 6 nitrogen and oxygen atoms in total. The van der Waals surface area contributed by atoms with Gasteiger partial charge in [-0.15, -0.1) is 0 Å². The van der Waals surface area contributed by atoms with Gasteiger partial charge in [-0.05, 0) is 44.8 Å². The van der Waals surface area contributed by atoms with Gasteiger partial charge in [-0.25, -0.2) is 0 Å². The fourth-order valence-electron chi connectivity index (χ4n) is 2.70. The molecule has 1 aliphatic rings. The molecule has 1 heterocycles. The Morgan fingerprint density at radius 2 is 2.04 bits per heavy atom. The predicted molar refractivity (Wildman–Crippen MR) is 92.9 cm³/mol. The van der Waals surface area contributed by atoms with E-state index < -0.39 is 12.1 Å². The number of carbonyl (C=O) groups excluding carboxylic acids is 2. The van der Waals surface area contributed by atoms with Crippen molar-refractivity contribution < 1.29 is 14.3 Å². The van der Waals surface area contributed by atoms with E-state index in [-0.39, 0.29) is 18.4 Å². The lowest BCUT2D eigenvalue weighted by Crippen LogP contribution is -2.53. The highest BCUT2D eigenvalue weighted by Gasteiger charge is 2.39. The van der Waals surface area contributed by atoms with Crippen molar-refractivity contribution in [2.24, 2.45) is 0 Å². The molecule has 2 atom stereocenters. The Morgan fingerprint density at radius 3 is 2.67 bits per heavy atom. The Bertz CT molecular complexity index is 577. The van der Waals surface area contributed by atoms with Crippen molar-refractivity contribution in [1.82, 2.24) is 15.1 Å². The van der Waals surface area contributed by atoms with Crippen LogP contribution in [0.5, 0.6) is 0 Å². The standard InChI is InChI=1S/C17H24ClN3O3/c1-20(2)10-4-9-19-17(23)16-15(21(3)14(22)11-24-16)12-5-7-13(18)8-6-12/h5-8,15-16H,4,9-11H2,1-3H3,(H,19,23)/t15-,16+/m1/s1. The molecule has 2 amide bonds. The first kappa shape index (κ1) is 18.7. The van der Waals surface area contributed by atoms with Gasteiger partial charge in [0.2, 0.25) is 5.91 Å². The molecule has 24 heavy (non-hydrogen) atoms. The van der Waals surface area contributed by atoms with Crippen LogP contribution in [0.4, 0.5) is 0 Å². The molecular weight excluding hydrogens is 330 g/mol. The summed E-state index contributed by atoms with van der Waals surface area (Å²) in [6, 6.07) is 6.67. The number of benzene rings is 1. The number of hydrogen-bond acceptors (Lipinski definition) is 4. The molecule has 0 aromatic heterocycles. The lowest BCUT2D eigenvalue weighted by Gasteiger charge is -2.38. The number of nitrogens with one attached hydrogen (secondary N) is 1. The van der Waals surface area contributed by atoms with Gasteiger partial charge in [-0.1, -0.05) is 23.7 Å². The van der Waals surface area contributed by atoms with Crippen LogP contribution in [0.3, 0.4) is 0 Å². The summed E-state index contributed by atoms with van der Waals surface area (Å²) in [5.41, 5.74) is 0.823. The van der Waals surface area contributed by atoms with Crippen molar-refractivity contribution in [1.29, 1.82) is 0 Å². The smallest absolute Gasteiger partial charge is 0.251 e. The second-order valence-electron chi connectivity index (χ2n) is 6.18. The van der Waals surface area contributed by atoms with Crippen molar-refractivity contribution >= 4 is 23.4 Å². The first-order valence-electron chi connectivity index (χ1n) is 7.95. The maximum absolute atomic E-state index is 12.5. The minimum Gasteiger partial charge on any atom is -0.356 e. The van der Waals surface area contributed by atoms with E-state index in [0.717, 1.165) is 18.5 Å². The van der Waals surface area contributed by atoms with Crippen LogP contribution >= 0.6 is 11.6 Å². The van der Waals surface area contributed by atoms with Crippen LogP contribution in [0, 0.1) is 0 Å². The van der Waals surface area contributed by atoms with Gasteiger partial charge in [0, 0.05) is 18.6 Å². The second-order valence-corrected chi connectivity index (χ2v) is 6.62. The maximum atomic E-state index is 12.5. The zero-order chi connectivity index (χ0) is 17.7. The molecule has 0 spiro atoms. The molecular formula is C17H24ClN3O3. The summed E-state index contributed by atoms with van der Waals surface area (Å²) in [7, 11) is 5.67. The number of nitrogens with zero attached hydrogens (tertiary/aromatic N) is 2. The Kier molecular flexibility index (Phi) is 6.60. The highest BCUT2D eigenvalue weighted by atomic mass is 35.5. The number of rotatable bonds is 6. The Labute approximate surface area is 147 Å². The maximum Gasteiger partial charge on any atom is 0.251 e. The summed E-state index contributed by atoms with van der Waals surface area (Å²) in [6.07, 6.45) is 0.125. The van der Waals surface area contributed by atoms with Crippen LogP contribution in [-0.4, -0.2) is 68.6 Å². The molecule has 0 radical (unpaired) electrons. The highest BCUT2D eigenvalue weighted by molar-refractivity contribution is 6.30. The topological polar surface area (TPSA) is 61.9 Å². The normalized spacial score (nSPS) is 21.2. The third kappa shape index (κ3) is 4.69. The van der Waals surface area contributed by atoms with E-state index in [4.69, 9.17) is 16.3 Å². The first-order chi connectivity index (χ1) is 11.4. The van der Waals surface area contributed by atoms with Gasteiger partial charge in [-0.2, -0.15) is 0 Å². The van der Waals surface area contributed by atoms with Crippen LogP contribution in [0.15, 0.2) is 24.3 Å². The number of amides is 2. The van der Waals surface area contributed by atoms with Gasteiger partial charge in [0.25, 0.3) is 5.91 Å². The van der Waals surface area contributed by atoms with Gasteiger partial charge in [0.1, 0.15) is 6.61 Å². The summed E-state index contributed by atoms with van der Waals surface area (Å²) in [5.74, 6) is -0.348. The Morgan fingerprint density at radius 1 is 1.38 bits per heavy atom. The Hall–Kier alpha value is -1.63. The van der Waals surface area contributed by atoms with Gasteiger partial charge in [-0.3, -0.25) is 9.59 Å². The predicted octanol–water partition coefficient (Wildman–Crippen LogP) is 1.31. The van der Waals surface area contributed by atoms with Crippen molar-refractivity contribution in [2.75, 3.05) is 40.8 Å². The number of likely N-dealkylation sites (N-methyl/N-ethyl adjacent to an activating group) is 1. The number of ether oxygens (including phenoxy) is 1. The molecule has 1 aliphatic heterocycles. The van der Waals surface area contributed by atoms with E-state index in [2.05, 4.69) is 10.2 Å². The fourth-order valence-corrected chi connectivity index (χ4v) is 2.82. The summed E-state index contributed by atoms with van der Waals surface area (Å²) in [4.78, 5) is 28.1. The van der Waals surface area contributed by atoms with Crippen LogP contribution in [0.25, 0.3) is 0 Å². The van der Waals surface area contributed by atoms with E-state index in [1.807, 2.05) is 26.2 Å². The zero-order valence-electron chi connectivity index (χ0n) is 14.3. The average molecular weight is 354 g/mol. The molecule has 1 N–H and O–H groups in total.